The molecule has 168 valence electrons. The quantitative estimate of drug-likeness (QED) is 0.700. The zero-order valence-electron chi connectivity index (χ0n) is 17.8. The van der Waals surface area contributed by atoms with E-state index in [4.69, 9.17) is 27.9 Å². The Morgan fingerprint density at radius 2 is 1.94 bits per heavy atom. The smallest absolute Gasteiger partial charge is 0.282 e. The van der Waals surface area contributed by atoms with Gasteiger partial charge in [0, 0.05) is 23.9 Å². The summed E-state index contributed by atoms with van der Waals surface area (Å²) in [6, 6.07) is 12.6. The number of amides is 1. The molecule has 1 saturated heterocycles. The lowest BCUT2D eigenvalue weighted by molar-refractivity contribution is -0.126. The van der Waals surface area contributed by atoms with E-state index in [-0.39, 0.29) is 30.2 Å². The van der Waals surface area contributed by atoms with Gasteiger partial charge in [0.2, 0.25) is 0 Å². The molecule has 32 heavy (non-hydrogen) atoms. The number of benzene rings is 2. The van der Waals surface area contributed by atoms with Crippen molar-refractivity contribution >= 4 is 46.3 Å². The van der Waals surface area contributed by atoms with Crippen molar-refractivity contribution in [1.82, 2.24) is 10.4 Å². The SMILES string of the molecule is COc1ccc([C@@H]2[C@H](C)C(C(=O)NN3CCCC(=O)C3)=NN2c2ccc(Cl)cc2Cl)cc1. The largest absolute Gasteiger partial charge is 0.497 e. The highest BCUT2D eigenvalue weighted by molar-refractivity contribution is 6.41. The number of hydrazone groups is 1. The van der Waals surface area contributed by atoms with Gasteiger partial charge in [0.25, 0.3) is 5.91 Å². The number of nitrogens with zero attached hydrogens (tertiary/aromatic N) is 3. The highest BCUT2D eigenvalue weighted by Crippen LogP contribution is 2.42. The van der Waals surface area contributed by atoms with Crippen LogP contribution in [0.2, 0.25) is 10.0 Å². The van der Waals surface area contributed by atoms with Gasteiger partial charge in [-0.05, 0) is 42.3 Å². The number of carbonyl (C=O) groups is 2. The lowest BCUT2D eigenvalue weighted by atomic mass is 9.91. The maximum atomic E-state index is 13.1. The number of anilines is 1. The van der Waals surface area contributed by atoms with E-state index in [1.807, 2.05) is 31.2 Å². The van der Waals surface area contributed by atoms with E-state index in [0.29, 0.717) is 34.4 Å². The van der Waals surface area contributed by atoms with Crippen LogP contribution in [0.5, 0.6) is 5.75 Å². The normalized spacial score (nSPS) is 21.4. The average Bonchev–Trinajstić information content (AvgIpc) is 3.10. The second kappa shape index (κ2) is 9.48. The van der Waals surface area contributed by atoms with Gasteiger partial charge in [-0.3, -0.25) is 20.0 Å². The topological polar surface area (TPSA) is 74.2 Å². The number of rotatable bonds is 5. The van der Waals surface area contributed by atoms with E-state index in [2.05, 4.69) is 10.5 Å². The monoisotopic (exact) mass is 474 g/mol. The maximum Gasteiger partial charge on any atom is 0.282 e. The minimum atomic E-state index is -0.321. The first kappa shape index (κ1) is 22.6. The van der Waals surface area contributed by atoms with Crippen molar-refractivity contribution < 1.29 is 14.3 Å². The highest BCUT2D eigenvalue weighted by Gasteiger charge is 2.40. The zero-order valence-corrected chi connectivity index (χ0v) is 19.4. The standard InChI is InChI=1S/C23H24Cl2N4O3/c1-14-21(23(31)27-28-11-3-4-17(30)13-28)26-29(20-10-7-16(24)12-19(20)25)22(14)15-5-8-18(32-2)9-6-15/h5-10,12,14,22H,3-4,11,13H2,1-2H3,(H,27,31)/t14-,22+/m1/s1. The molecule has 0 bridgehead atoms. The van der Waals surface area contributed by atoms with E-state index in [1.165, 1.54) is 0 Å². The summed E-state index contributed by atoms with van der Waals surface area (Å²) in [5.74, 6) is 0.293. The Morgan fingerprint density at radius 3 is 2.59 bits per heavy atom. The van der Waals surface area contributed by atoms with E-state index in [1.54, 1.807) is 35.3 Å². The van der Waals surface area contributed by atoms with Crippen LogP contribution in [0.4, 0.5) is 5.69 Å². The number of hydrogen-bond acceptors (Lipinski definition) is 6. The summed E-state index contributed by atoms with van der Waals surface area (Å²) in [5.41, 5.74) is 4.83. The van der Waals surface area contributed by atoms with Gasteiger partial charge >= 0.3 is 0 Å². The molecule has 2 atom stereocenters. The van der Waals surface area contributed by atoms with Gasteiger partial charge in [0.1, 0.15) is 17.2 Å². The number of nitrogens with one attached hydrogen (secondary N) is 1. The zero-order chi connectivity index (χ0) is 22.8. The van der Waals surface area contributed by atoms with E-state index < -0.39 is 0 Å². The molecule has 0 spiro atoms. The molecular formula is C23H24Cl2N4O3. The fourth-order valence-corrected chi connectivity index (χ4v) is 4.61. The Labute approximate surface area is 196 Å². The number of hydrazine groups is 1. The second-order valence-electron chi connectivity index (χ2n) is 7.94. The van der Waals surface area contributed by atoms with Crippen molar-refractivity contribution in [2.75, 3.05) is 25.2 Å². The third-order valence-corrected chi connectivity index (χ3v) is 6.28. The number of carbonyl (C=O) groups excluding carboxylic acids is 2. The number of hydrogen-bond donors (Lipinski definition) is 1. The Hall–Kier alpha value is -2.61. The molecule has 2 aliphatic rings. The number of piperidine rings is 1. The predicted octanol–water partition coefficient (Wildman–Crippen LogP) is 4.25. The number of ketones is 1. The van der Waals surface area contributed by atoms with Gasteiger partial charge in [-0.15, -0.1) is 0 Å². The molecule has 0 radical (unpaired) electrons. The summed E-state index contributed by atoms with van der Waals surface area (Å²) in [6.45, 7) is 2.80. The molecule has 1 amide bonds. The van der Waals surface area contributed by atoms with Crippen molar-refractivity contribution in [3.05, 3.63) is 58.1 Å². The molecule has 0 aliphatic carbocycles. The third kappa shape index (κ3) is 4.60. The number of Topliss-reactive ketones (excluding diaryl/α,β-unsaturated/α-hetero) is 1. The highest BCUT2D eigenvalue weighted by atomic mass is 35.5. The van der Waals surface area contributed by atoms with Gasteiger partial charge in [0.15, 0.2) is 0 Å². The molecule has 1 fully saturated rings. The summed E-state index contributed by atoms with van der Waals surface area (Å²) < 4.78 is 5.28. The Kier molecular flexibility index (Phi) is 6.69. The van der Waals surface area contributed by atoms with Crippen molar-refractivity contribution in [1.29, 1.82) is 0 Å². The van der Waals surface area contributed by atoms with Crippen molar-refractivity contribution in [2.24, 2.45) is 11.0 Å². The fourth-order valence-electron chi connectivity index (χ4n) is 4.12. The van der Waals surface area contributed by atoms with Crippen LogP contribution in [0.1, 0.15) is 31.4 Å². The first-order valence-electron chi connectivity index (χ1n) is 10.4. The van der Waals surface area contributed by atoms with E-state index in [9.17, 15) is 9.59 Å². The van der Waals surface area contributed by atoms with Crippen molar-refractivity contribution in [3.63, 3.8) is 0 Å². The summed E-state index contributed by atoms with van der Waals surface area (Å²) in [4.78, 5) is 24.9. The van der Waals surface area contributed by atoms with Crippen LogP contribution >= 0.6 is 23.2 Å². The van der Waals surface area contributed by atoms with Gasteiger partial charge in [-0.2, -0.15) is 5.10 Å². The maximum absolute atomic E-state index is 13.1. The van der Waals surface area contributed by atoms with Crippen LogP contribution in [0.3, 0.4) is 0 Å². The number of ether oxygens (including phenoxy) is 1. The molecular weight excluding hydrogens is 451 g/mol. The molecule has 7 nitrogen and oxygen atoms in total. The first-order chi connectivity index (χ1) is 15.4. The van der Waals surface area contributed by atoms with Crippen molar-refractivity contribution in [3.8, 4) is 5.75 Å². The lowest BCUT2D eigenvalue weighted by Crippen LogP contribution is -2.50. The van der Waals surface area contributed by atoms with Gasteiger partial charge < -0.3 is 4.74 Å². The molecule has 2 heterocycles. The molecule has 9 heteroatoms. The molecule has 4 rings (SSSR count). The average molecular weight is 475 g/mol. The van der Waals surface area contributed by atoms with Gasteiger partial charge in [0.05, 0.1) is 30.4 Å². The number of halogens is 2. The third-order valence-electron chi connectivity index (χ3n) is 5.74. The molecule has 2 aromatic rings. The molecule has 0 aromatic heterocycles. The van der Waals surface area contributed by atoms with E-state index in [0.717, 1.165) is 17.7 Å². The van der Waals surface area contributed by atoms with Crippen LogP contribution in [-0.2, 0) is 9.59 Å². The Morgan fingerprint density at radius 1 is 1.19 bits per heavy atom. The Balaban J connectivity index is 1.67. The summed E-state index contributed by atoms with van der Waals surface area (Å²) in [7, 11) is 1.61. The van der Waals surface area contributed by atoms with E-state index >= 15 is 0 Å². The first-order valence-corrected chi connectivity index (χ1v) is 11.2. The van der Waals surface area contributed by atoms with Gasteiger partial charge in [-0.1, -0.05) is 42.3 Å². The molecule has 1 N–H and O–H groups in total. The summed E-state index contributed by atoms with van der Waals surface area (Å²) in [5, 5.41) is 9.06. The summed E-state index contributed by atoms with van der Waals surface area (Å²) in [6.07, 6.45) is 1.27. The van der Waals surface area contributed by atoms with Crippen LogP contribution in [0.15, 0.2) is 47.6 Å². The molecule has 0 unspecified atom stereocenters. The second-order valence-corrected chi connectivity index (χ2v) is 8.78. The molecule has 2 aliphatic heterocycles. The van der Waals surface area contributed by atoms with Crippen LogP contribution in [0.25, 0.3) is 0 Å². The fraction of sp³-hybridized carbons (Fsp3) is 0.348. The minimum Gasteiger partial charge on any atom is -0.497 e. The van der Waals surface area contributed by atoms with Gasteiger partial charge in [-0.25, -0.2) is 5.01 Å². The Bertz CT molecular complexity index is 1060. The van der Waals surface area contributed by atoms with Crippen LogP contribution in [0, 0.1) is 5.92 Å². The lowest BCUT2D eigenvalue weighted by Gasteiger charge is -2.28. The van der Waals surface area contributed by atoms with Crippen LogP contribution < -0.4 is 15.2 Å². The minimum absolute atomic E-state index is 0.114. The molecule has 2 aromatic carbocycles. The summed E-state index contributed by atoms with van der Waals surface area (Å²) >= 11 is 12.6. The number of methoxy groups -OCH3 is 1. The predicted molar refractivity (Wildman–Crippen MR) is 125 cm³/mol. The molecule has 0 saturated carbocycles. The van der Waals surface area contributed by atoms with Crippen molar-refractivity contribution in [2.45, 2.75) is 25.8 Å². The van der Waals surface area contributed by atoms with Crippen LogP contribution in [-0.4, -0.2) is 42.6 Å².